The highest BCUT2D eigenvalue weighted by atomic mass is 16.7. The van der Waals surface area contributed by atoms with E-state index in [9.17, 15) is 53.4 Å². The lowest BCUT2D eigenvalue weighted by molar-refractivity contribution is -0.195. The second-order valence-corrected chi connectivity index (χ2v) is 25.4. The van der Waals surface area contributed by atoms with Crippen molar-refractivity contribution < 1.29 is 81.9 Å². The van der Waals surface area contributed by atoms with Crippen LogP contribution in [0.4, 0.5) is 23.0 Å². The first kappa shape index (κ1) is 71.5. The van der Waals surface area contributed by atoms with E-state index in [4.69, 9.17) is 29.4 Å². The number of azo groups is 1. The third-order valence-electron chi connectivity index (χ3n) is 18.0. The number of phenols is 2. The number of nitrogen functional groups attached to an aromatic ring is 1. The van der Waals surface area contributed by atoms with Gasteiger partial charge in [0.1, 0.15) is 41.1 Å². The monoisotopic (exact) mass is 1440 g/mol. The number of aryl methyl sites for hydroxylation is 1. The summed E-state index contributed by atoms with van der Waals surface area (Å²) in [6.07, 6.45) is 11.7. The Morgan fingerprint density at radius 1 is 0.645 bits per heavy atom. The van der Waals surface area contributed by atoms with Crippen LogP contribution in [-0.2, 0) is 74.0 Å². The number of carbonyl (C=O) groups excluding carboxylic acids is 9. The molecule has 4 atom stereocenters. The van der Waals surface area contributed by atoms with Crippen molar-refractivity contribution in [2.24, 2.45) is 22.1 Å². The SMILES string of the molecule is CC(=O)NCc1ccc(COc2nc(N)nc3c2ncn3CCCNC(=O)c2ccc(N=Nc3ccc(N(C)C)cc3)cc2)cc1.CC(=O)ON1C(=O)CCC1=O.O=C1C=CC2C(=C1)Oc1cc(O)ccc1C21OC(=O)c2ccccc21.O=C1C=CC2C(=C1)Oc1cc(O)ccc1C21OC(=O)c2ccccc21. The minimum Gasteiger partial charge on any atom is -0.508 e. The first-order chi connectivity index (χ1) is 51.5. The molecule has 107 heavy (non-hydrogen) atoms. The van der Waals surface area contributed by atoms with Crippen molar-refractivity contribution in [3.63, 3.8) is 0 Å². The van der Waals surface area contributed by atoms with Crippen LogP contribution in [0.1, 0.15) is 97.6 Å². The number of imide groups is 1. The normalized spacial score (nSPS) is 18.5. The molecule has 1 saturated heterocycles. The number of fused-ring (bicyclic) bond motifs is 13. The predicted octanol–water partition coefficient (Wildman–Crippen LogP) is 10.2. The molecule has 2 spiro atoms. The van der Waals surface area contributed by atoms with E-state index < -0.39 is 52.8 Å². The number of nitrogens with one attached hydrogen (secondary N) is 2. The van der Waals surface area contributed by atoms with Gasteiger partial charge in [-0.2, -0.15) is 20.2 Å². The van der Waals surface area contributed by atoms with Crippen LogP contribution in [0.3, 0.4) is 0 Å². The Bertz CT molecular complexity index is 5080. The molecule has 6 N–H and O–H groups in total. The molecule has 7 heterocycles. The van der Waals surface area contributed by atoms with Crippen molar-refractivity contribution in [1.82, 2.24) is 35.2 Å². The summed E-state index contributed by atoms with van der Waals surface area (Å²) in [7, 11) is 3.97. The number of hydroxylamine groups is 2. The van der Waals surface area contributed by atoms with Gasteiger partial charge in [-0.15, -0.1) is 5.06 Å². The molecule has 28 nitrogen and oxygen atoms in total. The minimum absolute atomic E-state index is 0.0308. The van der Waals surface area contributed by atoms with Crippen LogP contribution in [0.15, 0.2) is 222 Å². The lowest BCUT2D eigenvalue weighted by atomic mass is 9.71. The number of carbonyl (C=O) groups is 9. The number of esters is 2. The lowest BCUT2D eigenvalue weighted by Crippen LogP contribution is -2.42. The summed E-state index contributed by atoms with van der Waals surface area (Å²) in [6.45, 7) is 4.36. The highest BCUT2D eigenvalue weighted by Gasteiger charge is 2.59. The molecular formula is C79H67N11O17. The number of nitrogens with zero attached hydrogens (tertiary/aromatic N) is 8. The molecule has 16 rings (SSSR count). The maximum absolute atomic E-state index is 12.7. The van der Waals surface area contributed by atoms with Crippen molar-refractivity contribution >= 4 is 87.3 Å². The third kappa shape index (κ3) is 14.9. The maximum Gasteiger partial charge on any atom is 0.339 e. The van der Waals surface area contributed by atoms with Gasteiger partial charge in [-0.05, 0) is 115 Å². The summed E-state index contributed by atoms with van der Waals surface area (Å²) in [5, 5.41) is 34.4. The van der Waals surface area contributed by atoms with Crippen molar-refractivity contribution in [3.05, 3.63) is 262 Å². The van der Waals surface area contributed by atoms with Crippen LogP contribution in [0.5, 0.6) is 28.9 Å². The van der Waals surface area contributed by atoms with Gasteiger partial charge in [0.25, 0.3) is 17.7 Å². The average molecular weight is 1440 g/mol. The Morgan fingerprint density at radius 2 is 1.17 bits per heavy atom. The van der Waals surface area contributed by atoms with Crippen LogP contribution in [0.25, 0.3) is 11.2 Å². The van der Waals surface area contributed by atoms with Gasteiger partial charge in [-0.1, -0.05) is 72.8 Å². The predicted molar refractivity (Wildman–Crippen MR) is 383 cm³/mol. The van der Waals surface area contributed by atoms with E-state index >= 15 is 0 Å². The minimum atomic E-state index is -1.11. The fraction of sp³-hybridized carbons (Fsp3) is 0.190. The number of amides is 4. The second-order valence-electron chi connectivity index (χ2n) is 25.4. The van der Waals surface area contributed by atoms with Gasteiger partial charge in [-0.3, -0.25) is 28.8 Å². The number of phenolic OH excluding ortho intramolecular Hbond substituents is 2. The largest absolute Gasteiger partial charge is 0.508 e. The molecule has 5 aliphatic heterocycles. The summed E-state index contributed by atoms with van der Waals surface area (Å²) >= 11 is 0. The van der Waals surface area contributed by atoms with Gasteiger partial charge >= 0.3 is 17.9 Å². The van der Waals surface area contributed by atoms with Gasteiger partial charge in [-0.25, -0.2) is 19.4 Å². The Morgan fingerprint density at radius 3 is 1.69 bits per heavy atom. The summed E-state index contributed by atoms with van der Waals surface area (Å²) in [5.74, 6) is -1.96. The van der Waals surface area contributed by atoms with Gasteiger partial charge in [0, 0.05) is 118 Å². The van der Waals surface area contributed by atoms with Crippen LogP contribution in [0, 0.1) is 11.8 Å². The zero-order chi connectivity index (χ0) is 75.3. The van der Waals surface area contributed by atoms with Crippen molar-refractivity contribution in [1.29, 1.82) is 0 Å². The summed E-state index contributed by atoms with van der Waals surface area (Å²) in [4.78, 5) is 124. The Balaban J connectivity index is 0.000000140. The summed E-state index contributed by atoms with van der Waals surface area (Å²) in [6, 6.07) is 46.3. The Kier molecular flexibility index (Phi) is 20.2. The molecule has 0 saturated carbocycles. The van der Waals surface area contributed by atoms with E-state index in [0.717, 1.165) is 40.6 Å². The average Bonchev–Trinajstić information content (AvgIpc) is 1.59. The van der Waals surface area contributed by atoms with Gasteiger partial charge < -0.3 is 64.6 Å². The fourth-order valence-electron chi connectivity index (χ4n) is 13.0. The number of nitrogens with two attached hydrogens (primary N) is 1. The van der Waals surface area contributed by atoms with E-state index in [0.29, 0.717) is 105 Å². The highest BCUT2D eigenvalue weighted by Crippen LogP contribution is 2.58. The number of rotatable bonds is 14. The van der Waals surface area contributed by atoms with Crippen LogP contribution >= 0.6 is 0 Å². The number of imidazole rings is 1. The number of aromatic hydroxyl groups is 2. The summed E-state index contributed by atoms with van der Waals surface area (Å²) in [5.41, 5.74) is 13.5. The first-order valence-electron chi connectivity index (χ1n) is 33.7. The number of hydrogen-bond donors (Lipinski definition) is 5. The van der Waals surface area contributed by atoms with Crippen molar-refractivity contribution in [3.8, 4) is 28.9 Å². The first-order valence-corrected chi connectivity index (χ1v) is 33.7. The Labute approximate surface area is 610 Å². The van der Waals surface area contributed by atoms with E-state index in [-0.39, 0.29) is 60.3 Å². The topological polar surface area (TPSA) is 374 Å². The van der Waals surface area contributed by atoms with Gasteiger partial charge in [0.05, 0.1) is 40.7 Å². The molecule has 7 aromatic carbocycles. The molecule has 1 fully saturated rings. The van der Waals surface area contributed by atoms with Gasteiger partial charge in [0.15, 0.2) is 33.9 Å². The van der Waals surface area contributed by atoms with Crippen molar-refractivity contribution in [2.75, 3.05) is 31.3 Å². The fourth-order valence-corrected chi connectivity index (χ4v) is 13.0. The summed E-state index contributed by atoms with van der Waals surface area (Å²) < 4.78 is 31.4. The quantitative estimate of drug-likeness (QED) is 0.0292. The molecule has 9 aromatic rings. The van der Waals surface area contributed by atoms with E-state index in [1.807, 2.05) is 96.4 Å². The molecule has 0 bridgehead atoms. The molecule has 540 valence electrons. The second kappa shape index (κ2) is 30.2. The standard InChI is InChI=1S/C33H36N10O3.2C20H12O5.C6H7NO4/c1-22(44)36-19-23-5-7-24(8-6-23)20-46-32-29-30(38-33(34)39-32)43(21-37-29)18-4-17-35-31(45)25-9-11-26(12-10-25)40-41-27-13-15-28(16-14-27)42(2)3;2*21-11-5-7-15-17(9-11)24-18-10-12(22)6-8-16(18)20(15)14-4-2-1-3-13(14)19(23)25-20;1-4(8)11-7-5(9)2-3-6(7)10/h5-16,21H,4,17-20H2,1-3H3,(H,35,45)(H,36,44)(H2,34,38,39);2*1-10,15,22H;2-3H2,1H3. The van der Waals surface area contributed by atoms with E-state index in [1.54, 1.807) is 79.1 Å². The number of benzene rings is 7. The lowest BCUT2D eigenvalue weighted by Gasteiger charge is -2.42. The number of hydrogen-bond acceptors (Lipinski definition) is 24. The number of allylic oxidation sites excluding steroid dienone is 4. The Hall–Kier alpha value is -13.9. The highest BCUT2D eigenvalue weighted by molar-refractivity contribution is 6.03. The number of aromatic nitrogens is 4. The van der Waals surface area contributed by atoms with Crippen LogP contribution in [0.2, 0.25) is 0 Å². The number of ether oxygens (including phenoxy) is 5. The number of ketones is 2. The smallest absolute Gasteiger partial charge is 0.339 e. The van der Waals surface area contributed by atoms with Gasteiger partial charge in [0.2, 0.25) is 17.7 Å². The molecule has 4 amide bonds. The van der Waals surface area contributed by atoms with Crippen molar-refractivity contribution in [2.45, 2.75) is 64.0 Å². The molecule has 2 aliphatic carbocycles. The molecule has 4 unspecified atom stereocenters. The molecule has 28 heteroatoms. The number of anilines is 2. The third-order valence-corrected chi connectivity index (χ3v) is 18.0. The molecule has 7 aliphatic rings. The molecule has 2 aromatic heterocycles. The van der Waals surface area contributed by atoms with Crippen LogP contribution in [-0.4, -0.2) is 109 Å². The zero-order valence-electron chi connectivity index (χ0n) is 57.8. The molecule has 0 radical (unpaired) electrons. The van der Waals surface area contributed by atoms with Crippen LogP contribution < -0.4 is 35.5 Å². The zero-order valence-corrected chi connectivity index (χ0v) is 57.8. The van der Waals surface area contributed by atoms with E-state index in [1.165, 1.54) is 55.5 Å². The van der Waals surface area contributed by atoms with E-state index in [2.05, 4.69) is 40.7 Å². The molecular weight excluding hydrogens is 1370 g/mol. The maximum atomic E-state index is 12.7.